The van der Waals surface area contributed by atoms with Gasteiger partial charge in [-0.3, -0.25) is 4.98 Å². The lowest BCUT2D eigenvalue weighted by Gasteiger charge is -2.24. The van der Waals surface area contributed by atoms with E-state index in [-0.39, 0.29) is 29.2 Å². The summed E-state index contributed by atoms with van der Waals surface area (Å²) in [6, 6.07) is 16.3. The fourth-order valence-electron chi connectivity index (χ4n) is 5.31. The predicted molar refractivity (Wildman–Crippen MR) is 174 cm³/mol. The van der Waals surface area contributed by atoms with Gasteiger partial charge in [-0.2, -0.15) is 13.2 Å². The van der Waals surface area contributed by atoms with Crippen molar-refractivity contribution in [1.82, 2.24) is 19.9 Å². The number of urea groups is 1. The fraction of sp³-hybridized carbons (Fsp3) is 0.242. The van der Waals surface area contributed by atoms with E-state index >= 15 is 0 Å². The molecule has 1 aliphatic heterocycles. The predicted octanol–water partition coefficient (Wildman–Crippen LogP) is 7.86. The lowest BCUT2D eigenvalue weighted by molar-refractivity contribution is -0.137. The minimum atomic E-state index is -4.64. The van der Waals surface area contributed by atoms with Crippen molar-refractivity contribution in [3.8, 4) is 33.5 Å². The smallest absolute Gasteiger partial charge is 0.417 e. The largest absolute Gasteiger partial charge is 0.424 e. The van der Waals surface area contributed by atoms with Crippen molar-refractivity contribution in [2.75, 3.05) is 22.1 Å². The first-order valence-electron chi connectivity index (χ1n) is 14.8. The number of nitrogens with zero attached hydrogens (tertiary/aromatic N) is 5. The number of anilines is 3. The second kappa shape index (κ2) is 13.7. The molecule has 2 aromatic carbocycles. The number of nitrogens with one attached hydrogen (secondary N) is 2. The van der Waals surface area contributed by atoms with E-state index in [0.29, 0.717) is 17.4 Å². The van der Waals surface area contributed by atoms with E-state index in [4.69, 9.17) is 4.74 Å². The summed E-state index contributed by atoms with van der Waals surface area (Å²) in [5.41, 5.74) is 0.787. The molecule has 6 rings (SSSR count). The summed E-state index contributed by atoms with van der Waals surface area (Å²) >= 11 is 1.61. The Morgan fingerprint density at radius 3 is 2.45 bits per heavy atom. The van der Waals surface area contributed by atoms with E-state index in [2.05, 4.69) is 35.5 Å². The van der Waals surface area contributed by atoms with Gasteiger partial charge in [-0.1, -0.05) is 41.7 Å². The summed E-state index contributed by atoms with van der Waals surface area (Å²) in [5, 5.41) is 15.8. The molecule has 5 aromatic rings. The van der Waals surface area contributed by atoms with Crippen LogP contribution in [0.4, 0.5) is 34.5 Å². The average Bonchev–Trinajstić information content (AvgIpc) is 3.72. The molecule has 1 aliphatic rings. The Balaban J connectivity index is 1.07. The van der Waals surface area contributed by atoms with Gasteiger partial charge in [-0.05, 0) is 62.1 Å². The summed E-state index contributed by atoms with van der Waals surface area (Å²) in [6.07, 6.45) is 3.08. The van der Waals surface area contributed by atoms with Crippen molar-refractivity contribution in [3.05, 3.63) is 91.0 Å². The molecule has 10 nitrogen and oxygen atoms in total. The maximum absolute atomic E-state index is 13.4. The van der Waals surface area contributed by atoms with Crippen LogP contribution in [0.1, 0.15) is 31.7 Å². The number of hydrogen-bond donors (Lipinski definition) is 3. The Labute approximate surface area is 272 Å². The molecule has 4 heterocycles. The highest BCUT2D eigenvalue weighted by Crippen LogP contribution is 2.37. The van der Waals surface area contributed by atoms with E-state index in [1.54, 1.807) is 53.8 Å². The summed E-state index contributed by atoms with van der Waals surface area (Å²) in [7, 11) is 0. The molecule has 1 saturated heterocycles. The second-order valence-corrected chi connectivity index (χ2v) is 12.0. The minimum Gasteiger partial charge on any atom is -0.424 e. The number of carbonyl (C=O) groups excluding carboxylic acids is 1. The number of pyridine rings is 1. The van der Waals surface area contributed by atoms with Gasteiger partial charge in [-0.25, -0.2) is 19.7 Å². The van der Waals surface area contributed by atoms with Crippen LogP contribution in [0.3, 0.4) is 0 Å². The number of rotatable bonds is 9. The summed E-state index contributed by atoms with van der Waals surface area (Å²) < 4.78 is 45.9. The molecule has 3 aromatic heterocycles. The average molecular weight is 662 g/mol. The number of aromatic nitrogens is 4. The molecular weight excluding hydrogens is 631 g/mol. The molecule has 0 radical (unpaired) electrons. The Hall–Kier alpha value is -5.08. The number of halogens is 3. The Kier molecular flexibility index (Phi) is 9.31. The van der Waals surface area contributed by atoms with E-state index < -0.39 is 17.8 Å². The first-order chi connectivity index (χ1) is 22.6. The van der Waals surface area contributed by atoms with Gasteiger partial charge in [0.15, 0.2) is 5.13 Å². The number of benzene rings is 2. The van der Waals surface area contributed by atoms with Crippen molar-refractivity contribution in [2.24, 2.45) is 0 Å². The highest BCUT2D eigenvalue weighted by molar-refractivity contribution is 7.18. The molecule has 1 fully saturated rings. The van der Waals surface area contributed by atoms with E-state index in [1.165, 1.54) is 12.4 Å². The monoisotopic (exact) mass is 661 g/mol. The molecule has 14 heteroatoms. The molecule has 2 amide bonds. The molecule has 242 valence electrons. The van der Waals surface area contributed by atoms with Gasteiger partial charge in [0.1, 0.15) is 5.75 Å². The molecule has 2 unspecified atom stereocenters. The number of aliphatic hydroxyl groups excluding tert-OH is 1. The summed E-state index contributed by atoms with van der Waals surface area (Å²) in [5.74, 6) is 0.499. The number of aliphatic hydroxyl groups is 1. The molecule has 0 saturated carbocycles. The van der Waals surface area contributed by atoms with Crippen LogP contribution in [0, 0.1) is 0 Å². The van der Waals surface area contributed by atoms with Crippen LogP contribution in [0.5, 0.6) is 11.8 Å². The van der Waals surface area contributed by atoms with E-state index in [9.17, 15) is 23.1 Å². The Morgan fingerprint density at radius 1 is 1.00 bits per heavy atom. The first-order valence-corrected chi connectivity index (χ1v) is 15.7. The van der Waals surface area contributed by atoms with Crippen molar-refractivity contribution in [1.29, 1.82) is 0 Å². The normalized spacial score (nSPS) is 15.3. The van der Waals surface area contributed by atoms with E-state index in [1.807, 2.05) is 25.3 Å². The van der Waals surface area contributed by atoms with Gasteiger partial charge in [-0.15, -0.1) is 0 Å². The van der Waals surface area contributed by atoms with Crippen LogP contribution < -0.4 is 20.3 Å². The third-order valence-corrected chi connectivity index (χ3v) is 8.56. The zero-order chi connectivity index (χ0) is 33.0. The number of alkyl halides is 3. The standard InChI is InChI=1S/C33H30F3N7O3S/c1-20(44)14-25-8-5-13-43(25)32-40-19-28(47-32)21-9-11-26(12-10-21)46-31-38-17-24(18-39-31)41-30(45)42-27-15-23(33(34,35)36)16-37-29(27)22-6-3-2-4-7-22/h2-4,6-7,9-12,15-20,25,44H,5,8,13-14H2,1H3,(H2,41,42,45). The summed E-state index contributed by atoms with van der Waals surface area (Å²) in [6.45, 7) is 2.74. The number of thiazole rings is 1. The molecule has 47 heavy (non-hydrogen) atoms. The molecule has 0 aliphatic carbocycles. The number of hydrogen-bond acceptors (Lipinski definition) is 9. The van der Waals surface area contributed by atoms with Crippen LogP contribution in [0.2, 0.25) is 0 Å². The zero-order valence-electron chi connectivity index (χ0n) is 25.1. The zero-order valence-corrected chi connectivity index (χ0v) is 25.9. The van der Waals surface area contributed by atoms with Gasteiger partial charge >= 0.3 is 18.2 Å². The third-order valence-electron chi connectivity index (χ3n) is 7.47. The molecule has 0 bridgehead atoms. The molecule has 3 N–H and O–H groups in total. The maximum Gasteiger partial charge on any atom is 0.417 e. The van der Waals surface area contributed by atoms with Crippen molar-refractivity contribution in [2.45, 2.75) is 44.5 Å². The van der Waals surface area contributed by atoms with Gasteiger partial charge in [0, 0.05) is 30.5 Å². The third kappa shape index (κ3) is 7.84. The number of ether oxygens (including phenoxy) is 1. The van der Waals surface area contributed by atoms with Crippen LogP contribution in [0.15, 0.2) is 85.5 Å². The fourth-order valence-corrected chi connectivity index (χ4v) is 6.33. The first kappa shape index (κ1) is 31.9. The Morgan fingerprint density at radius 2 is 1.74 bits per heavy atom. The summed E-state index contributed by atoms with van der Waals surface area (Å²) in [4.78, 5) is 32.9. The number of amides is 2. The van der Waals surface area contributed by atoms with E-state index in [0.717, 1.165) is 53.6 Å². The highest BCUT2D eigenvalue weighted by Gasteiger charge is 2.32. The highest BCUT2D eigenvalue weighted by atomic mass is 32.1. The van der Waals surface area contributed by atoms with Crippen LogP contribution in [-0.4, -0.2) is 49.8 Å². The van der Waals surface area contributed by atoms with Crippen molar-refractivity contribution >= 4 is 33.9 Å². The van der Waals surface area contributed by atoms with Crippen molar-refractivity contribution in [3.63, 3.8) is 0 Å². The molecular formula is C33H30F3N7O3S. The second-order valence-electron chi connectivity index (χ2n) is 11.0. The SMILES string of the molecule is CC(O)CC1CCCN1c1ncc(-c2ccc(Oc3ncc(NC(=O)Nc4cc(C(F)(F)F)cnc4-c4ccccc4)cn3)cc2)s1. The molecule has 2 atom stereocenters. The number of carbonyl (C=O) groups is 1. The van der Waals surface area contributed by atoms with Crippen LogP contribution in [-0.2, 0) is 6.18 Å². The van der Waals surface area contributed by atoms with Crippen molar-refractivity contribution < 1.29 is 27.8 Å². The van der Waals surface area contributed by atoms with Gasteiger partial charge in [0.2, 0.25) is 0 Å². The maximum atomic E-state index is 13.4. The van der Waals surface area contributed by atoms with Gasteiger partial charge in [0.05, 0.1) is 46.0 Å². The van der Waals surface area contributed by atoms with Crippen LogP contribution >= 0.6 is 11.3 Å². The topological polar surface area (TPSA) is 125 Å². The van der Waals surface area contributed by atoms with Gasteiger partial charge < -0.3 is 25.4 Å². The lowest BCUT2D eigenvalue weighted by atomic mass is 10.1. The lowest BCUT2D eigenvalue weighted by Crippen LogP contribution is -2.31. The minimum absolute atomic E-state index is 0.0374. The van der Waals surface area contributed by atoms with Gasteiger partial charge in [0.25, 0.3) is 0 Å². The van der Waals surface area contributed by atoms with Crippen LogP contribution in [0.25, 0.3) is 21.7 Å². The Bertz CT molecular complexity index is 1820. The molecule has 0 spiro atoms. The quantitative estimate of drug-likeness (QED) is 0.146.